The summed E-state index contributed by atoms with van der Waals surface area (Å²) in [5.41, 5.74) is 0.826. The van der Waals surface area contributed by atoms with E-state index >= 15 is 0 Å². The van der Waals surface area contributed by atoms with Crippen LogP contribution in [0.25, 0.3) is 0 Å². The predicted molar refractivity (Wildman–Crippen MR) is 72.9 cm³/mol. The second kappa shape index (κ2) is 6.35. The molecule has 0 radical (unpaired) electrons. The lowest BCUT2D eigenvalue weighted by atomic mass is 10.2. The molecule has 1 heterocycles. The SMILES string of the molecule is COc1ccccc1NCC(O)Cc1n[nH]c(=S)o1. The Balaban J connectivity index is 1.89. The van der Waals surface area contributed by atoms with Crippen LogP contribution >= 0.6 is 12.2 Å². The Hall–Kier alpha value is -1.86. The maximum absolute atomic E-state index is 9.89. The van der Waals surface area contributed by atoms with Crippen molar-refractivity contribution in [3.63, 3.8) is 0 Å². The van der Waals surface area contributed by atoms with Crippen LogP contribution in [0.4, 0.5) is 5.69 Å². The van der Waals surface area contributed by atoms with Gasteiger partial charge in [-0.25, -0.2) is 5.10 Å². The van der Waals surface area contributed by atoms with Gasteiger partial charge in [0, 0.05) is 6.54 Å². The van der Waals surface area contributed by atoms with Gasteiger partial charge in [0.1, 0.15) is 5.75 Å². The smallest absolute Gasteiger partial charge is 0.284 e. The summed E-state index contributed by atoms with van der Waals surface area (Å²) in [5, 5.41) is 19.3. The predicted octanol–water partition coefficient (Wildman–Crippen LogP) is 1.76. The molecule has 0 saturated carbocycles. The lowest BCUT2D eigenvalue weighted by Gasteiger charge is -2.13. The monoisotopic (exact) mass is 281 g/mol. The zero-order valence-electron chi connectivity index (χ0n) is 10.4. The minimum Gasteiger partial charge on any atom is -0.495 e. The third-order valence-corrected chi connectivity index (χ3v) is 2.70. The average molecular weight is 281 g/mol. The molecular weight excluding hydrogens is 266 g/mol. The van der Waals surface area contributed by atoms with Gasteiger partial charge in [0.05, 0.1) is 25.3 Å². The number of anilines is 1. The summed E-state index contributed by atoms with van der Waals surface area (Å²) in [6, 6.07) is 7.50. The molecule has 1 aromatic heterocycles. The van der Waals surface area contributed by atoms with Crippen LogP contribution in [0.15, 0.2) is 28.7 Å². The first kappa shape index (κ1) is 13.6. The summed E-state index contributed by atoms with van der Waals surface area (Å²) in [6.07, 6.45) is -0.346. The standard InChI is InChI=1S/C12H15N3O3S/c1-17-10-5-3-2-4-9(10)13-7-8(16)6-11-14-15-12(19)18-11/h2-5,8,13,16H,6-7H2,1H3,(H,15,19). The molecule has 102 valence electrons. The molecular formula is C12H15N3O3S. The summed E-state index contributed by atoms with van der Waals surface area (Å²) in [5.74, 6) is 1.12. The number of aliphatic hydroxyl groups excluding tert-OH is 1. The number of rotatable bonds is 6. The van der Waals surface area contributed by atoms with Crippen LogP contribution in [0.2, 0.25) is 0 Å². The lowest BCUT2D eigenvalue weighted by molar-refractivity contribution is 0.178. The van der Waals surface area contributed by atoms with Gasteiger partial charge in [-0.05, 0) is 24.4 Å². The van der Waals surface area contributed by atoms with Gasteiger partial charge in [-0.15, -0.1) is 5.10 Å². The summed E-state index contributed by atoms with van der Waals surface area (Å²) >= 11 is 4.76. The van der Waals surface area contributed by atoms with Gasteiger partial charge in [0.15, 0.2) is 0 Å². The van der Waals surface area contributed by atoms with Crippen molar-refractivity contribution in [3.05, 3.63) is 35.0 Å². The van der Waals surface area contributed by atoms with Crippen molar-refractivity contribution in [1.29, 1.82) is 0 Å². The van der Waals surface area contributed by atoms with Crippen LogP contribution in [-0.2, 0) is 6.42 Å². The lowest BCUT2D eigenvalue weighted by Crippen LogP contribution is -2.22. The molecule has 0 aliphatic carbocycles. The fourth-order valence-corrected chi connectivity index (χ4v) is 1.78. The number of methoxy groups -OCH3 is 1. The van der Waals surface area contributed by atoms with Crippen LogP contribution in [0, 0.1) is 4.84 Å². The molecule has 6 nitrogen and oxygen atoms in total. The van der Waals surface area contributed by atoms with E-state index in [1.807, 2.05) is 24.3 Å². The first-order valence-electron chi connectivity index (χ1n) is 5.78. The topological polar surface area (TPSA) is 83.3 Å². The van der Waals surface area contributed by atoms with Crippen molar-refractivity contribution in [2.45, 2.75) is 12.5 Å². The highest BCUT2D eigenvalue weighted by Crippen LogP contribution is 2.22. The highest BCUT2D eigenvalue weighted by molar-refractivity contribution is 7.71. The summed E-state index contributed by atoms with van der Waals surface area (Å²) in [6.45, 7) is 0.357. The minimum absolute atomic E-state index is 0.208. The van der Waals surface area contributed by atoms with Crippen LogP contribution in [0.5, 0.6) is 5.75 Å². The number of hydrogen-bond acceptors (Lipinski definition) is 6. The molecule has 0 spiro atoms. The fraction of sp³-hybridized carbons (Fsp3) is 0.333. The third kappa shape index (κ3) is 3.80. The maximum Gasteiger partial charge on any atom is 0.284 e. The van der Waals surface area contributed by atoms with Crippen LogP contribution in [0.1, 0.15) is 5.89 Å². The van der Waals surface area contributed by atoms with Gasteiger partial charge in [0.25, 0.3) is 4.84 Å². The van der Waals surface area contributed by atoms with Crippen LogP contribution in [0.3, 0.4) is 0 Å². The Bertz CT molecular complexity index is 581. The van der Waals surface area contributed by atoms with Crippen LogP contribution < -0.4 is 10.1 Å². The number of para-hydroxylation sites is 2. The van der Waals surface area contributed by atoms with Crippen molar-refractivity contribution in [2.24, 2.45) is 0 Å². The highest BCUT2D eigenvalue weighted by atomic mass is 32.1. The van der Waals surface area contributed by atoms with E-state index in [0.717, 1.165) is 11.4 Å². The second-order valence-corrected chi connectivity index (χ2v) is 4.32. The van der Waals surface area contributed by atoms with Crippen molar-refractivity contribution >= 4 is 17.9 Å². The van der Waals surface area contributed by atoms with Gasteiger partial charge in [-0.3, -0.25) is 0 Å². The molecule has 1 atom stereocenters. The number of aromatic nitrogens is 2. The van der Waals surface area contributed by atoms with Gasteiger partial charge in [-0.2, -0.15) is 0 Å². The van der Waals surface area contributed by atoms with Crippen molar-refractivity contribution in [2.75, 3.05) is 19.0 Å². The number of H-pyrrole nitrogens is 1. The van der Waals surface area contributed by atoms with Crippen molar-refractivity contribution in [1.82, 2.24) is 10.2 Å². The highest BCUT2D eigenvalue weighted by Gasteiger charge is 2.10. The Labute approximate surface area is 115 Å². The molecule has 0 bridgehead atoms. The number of benzene rings is 1. The molecule has 0 amide bonds. The van der Waals surface area contributed by atoms with E-state index in [-0.39, 0.29) is 11.3 Å². The molecule has 2 aromatic rings. The third-order valence-electron chi connectivity index (χ3n) is 2.53. The average Bonchev–Trinajstić information content (AvgIpc) is 2.82. The fourth-order valence-electron chi connectivity index (χ4n) is 1.64. The van der Waals surface area contributed by atoms with Crippen LogP contribution in [-0.4, -0.2) is 35.1 Å². The number of nitrogens with zero attached hydrogens (tertiary/aromatic N) is 1. The molecule has 0 aliphatic rings. The Morgan fingerprint density at radius 3 is 3.00 bits per heavy atom. The van der Waals surface area contributed by atoms with Gasteiger partial charge < -0.3 is 19.6 Å². The first-order chi connectivity index (χ1) is 9.19. The molecule has 19 heavy (non-hydrogen) atoms. The molecule has 0 fully saturated rings. The van der Waals surface area contributed by atoms with E-state index in [2.05, 4.69) is 15.5 Å². The normalized spacial score (nSPS) is 12.1. The Kier molecular flexibility index (Phi) is 4.53. The van der Waals surface area contributed by atoms with E-state index in [0.29, 0.717) is 12.4 Å². The summed E-state index contributed by atoms with van der Waals surface area (Å²) in [7, 11) is 1.60. The van der Waals surface area contributed by atoms with E-state index in [1.165, 1.54) is 0 Å². The molecule has 1 unspecified atom stereocenters. The zero-order valence-corrected chi connectivity index (χ0v) is 11.2. The van der Waals surface area contributed by atoms with E-state index in [4.69, 9.17) is 21.4 Å². The number of aliphatic hydroxyl groups is 1. The van der Waals surface area contributed by atoms with Gasteiger partial charge in [0.2, 0.25) is 5.89 Å². The zero-order chi connectivity index (χ0) is 13.7. The van der Waals surface area contributed by atoms with Crippen molar-refractivity contribution < 1.29 is 14.3 Å². The quantitative estimate of drug-likeness (QED) is 0.700. The Morgan fingerprint density at radius 1 is 1.53 bits per heavy atom. The van der Waals surface area contributed by atoms with E-state index in [1.54, 1.807) is 7.11 Å². The largest absolute Gasteiger partial charge is 0.495 e. The molecule has 0 saturated heterocycles. The first-order valence-corrected chi connectivity index (χ1v) is 6.19. The Morgan fingerprint density at radius 2 is 2.32 bits per heavy atom. The summed E-state index contributed by atoms with van der Waals surface area (Å²) in [4.78, 5) is 0.208. The van der Waals surface area contributed by atoms with E-state index in [9.17, 15) is 5.11 Å². The van der Waals surface area contributed by atoms with Crippen molar-refractivity contribution in [3.8, 4) is 5.75 Å². The molecule has 1 aromatic carbocycles. The maximum atomic E-state index is 9.89. The summed E-state index contributed by atoms with van der Waals surface area (Å²) < 4.78 is 10.3. The molecule has 3 N–H and O–H groups in total. The number of hydrogen-bond donors (Lipinski definition) is 3. The van der Waals surface area contributed by atoms with Gasteiger partial charge in [-0.1, -0.05) is 12.1 Å². The minimum atomic E-state index is -0.633. The number of ether oxygens (including phenoxy) is 1. The molecule has 7 heteroatoms. The molecule has 0 aliphatic heterocycles. The second-order valence-electron chi connectivity index (χ2n) is 3.95. The van der Waals surface area contributed by atoms with E-state index < -0.39 is 6.10 Å². The number of aromatic amines is 1. The number of nitrogens with one attached hydrogen (secondary N) is 2. The molecule has 2 rings (SSSR count). The van der Waals surface area contributed by atoms with Gasteiger partial charge >= 0.3 is 0 Å².